The zero-order valence-electron chi connectivity index (χ0n) is 16.9. The van der Waals surface area contributed by atoms with Crippen LogP contribution in [0.15, 0.2) is 0 Å². The second-order valence-electron chi connectivity index (χ2n) is 9.52. The van der Waals surface area contributed by atoms with Crippen molar-refractivity contribution in [2.45, 2.75) is 83.3 Å². The smallest absolute Gasteiger partial charge is 0.407 e. The maximum Gasteiger partial charge on any atom is 0.407 e. The third-order valence-electron chi connectivity index (χ3n) is 7.79. The van der Waals surface area contributed by atoms with Gasteiger partial charge < -0.3 is 19.8 Å². The van der Waals surface area contributed by atoms with Crippen LogP contribution in [0, 0.1) is 11.3 Å². The monoisotopic (exact) mass is 377 g/mol. The first-order chi connectivity index (χ1) is 12.9. The van der Waals surface area contributed by atoms with Gasteiger partial charge >= 0.3 is 6.09 Å². The fourth-order valence-corrected chi connectivity index (χ4v) is 5.92. The Labute approximate surface area is 162 Å². The van der Waals surface area contributed by atoms with Crippen LogP contribution in [0.4, 0.5) is 4.79 Å². The molecule has 1 atom stereocenters. The van der Waals surface area contributed by atoms with Crippen molar-refractivity contribution in [3.05, 3.63) is 0 Å². The molecule has 2 aliphatic carbocycles. The number of amides is 2. The van der Waals surface area contributed by atoms with E-state index in [0.717, 1.165) is 26.1 Å². The third kappa shape index (κ3) is 3.69. The molecule has 2 saturated carbocycles. The van der Waals surface area contributed by atoms with Crippen molar-refractivity contribution in [1.29, 1.82) is 0 Å². The quantitative estimate of drug-likeness (QED) is 0.800. The highest BCUT2D eigenvalue weighted by Crippen LogP contribution is 2.50. The van der Waals surface area contributed by atoms with Crippen LogP contribution >= 0.6 is 0 Å². The highest BCUT2D eigenvalue weighted by atomic mass is 16.4. The predicted molar refractivity (Wildman–Crippen MR) is 104 cm³/mol. The molecule has 2 heterocycles. The van der Waals surface area contributed by atoms with Crippen LogP contribution in [0.25, 0.3) is 0 Å². The number of piperidine rings is 1. The predicted octanol–water partition coefficient (Wildman–Crippen LogP) is 3.02. The summed E-state index contributed by atoms with van der Waals surface area (Å²) in [5, 5.41) is 9.19. The van der Waals surface area contributed by atoms with Crippen molar-refractivity contribution in [1.82, 2.24) is 14.7 Å². The molecule has 0 bridgehead atoms. The largest absolute Gasteiger partial charge is 0.465 e. The van der Waals surface area contributed by atoms with Gasteiger partial charge in [0.25, 0.3) is 0 Å². The minimum absolute atomic E-state index is 0.267. The number of hydrogen-bond acceptors (Lipinski definition) is 3. The summed E-state index contributed by atoms with van der Waals surface area (Å²) in [6.07, 6.45) is 7.98. The first-order valence-corrected chi connectivity index (χ1v) is 11.0. The van der Waals surface area contributed by atoms with E-state index in [9.17, 15) is 14.7 Å². The summed E-state index contributed by atoms with van der Waals surface area (Å²) < 4.78 is 0. The average Bonchev–Trinajstić information content (AvgIpc) is 3.36. The van der Waals surface area contributed by atoms with Crippen LogP contribution in [0.2, 0.25) is 0 Å². The topological polar surface area (TPSA) is 64.1 Å². The highest BCUT2D eigenvalue weighted by molar-refractivity contribution is 5.76. The van der Waals surface area contributed by atoms with E-state index >= 15 is 0 Å². The van der Waals surface area contributed by atoms with Gasteiger partial charge in [0.2, 0.25) is 5.91 Å². The van der Waals surface area contributed by atoms with Crippen LogP contribution in [-0.4, -0.2) is 76.1 Å². The summed E-state index contributed by atoms with van der Waals surface area (Å²) in [5.41, 5.74) is 0.267. The first kappa shape index (κ1) is 19.0. The van der Waals surface area contributed by atoms with E-state index in [4.69, 9.17) is 0 Å². The second kappa shape index (κ2) is 7.26. The molecule has 4 rings (SSSR count). The molecule has 2 amide bonds. The molecule has 1 unspecified atom stereocenters. The molecule has 2 aliphatic heterocycles. The Morgan fingerprint density at radius 1 is 1.15 bits per heavy atom. The Morgan fingerprint density at radius 3 is 2.33 bits per heavy atom. The fraction of sp³-hybridized carbons (Fsp3) is 0.905. The zero-order valence-corrected chi connectivity index (χ0v) is 16.9. The van der Waals surface area contributed by atoms with Crippen LogP contribution in [0.1, 0.15) is 65.2 Å². The summed E-state index contributed by atoms with van der Waals surface area (Å²) >= 11 is 0. The van der Waals surface area contributed by atoms with Crippen molar-refractivity contribution in [2.75, 3.05) is 26.2 Å². The van der Waals surface area contributed by atoms with Crippen molar-refractivity contribution < 1.29 is 14.7 Å². The molecule has 0 radical (unpaired) electrons. The molecule has 4 aliphatic rings. The van der Waals surface area contributed by atoms with Crippen LogP contribution in [-0.2, 0) is 4.79 Å². The van der Waals surface area contributed by atoms with E-state index in [1.807, 2.05) is 6.92 Å². The van der Waals surface area contributed by atoms with E-state index in [-0.39, 0.29) is 5.41 Å². The summed E-state index contributed by atoms with van der Waals surface area (Å²) in [4.78, 5) is 30.0. The van der Waals surface area contributed by atoms with Gasteiger partial charge in [-0.2, -0.15) is 0 Å². The van der Waals surface area contributed by atoms with Gasteiger partial charge in [-0.3, -0.25) is 4.79 Å². The van der Waals surface area contributed by atoms with Gasteiger partial charge in [-0.25, -0.2) is 4.79 Å². The first-order valence-electron chi connectivity index (χ1n) is 11.0. The molecule has 6 nitrogen and oxygen atoms in total. The molecular formula is C21H35N3O3. The maximum absolute atomic E-state index is 12.4. The normalized spacial score (nSPS) is 33.1. The molecule has 152 valence electrons. The molecule has 0 aromatic carbocycles. The van der Waals surface area contributed by atoms with Gasteiger partial charge in [0.05, 0.1) is 0 Å². The molecule has 1 spiro atoms. The second-order valence-corrected chi connectivity index (χ2v) is 9.52. The minimum atomic E-state index is -0.757. The minimum Gasteiger partial charge on any atom is -0.465 e. The van der Waals surface area contributed by atoms with Crippen LogP contribution in [0.5, 0.6) is 0 Å². The molecule has 0 aromatic rings. The van der Waals surface area contributed by atoms with Gasteiger partial charge in [0.1, 0.15) is 0 Å². The highest BCUT2D eigenvalue weighted by Gasteiger charge is 2.51. The fourth-order valence-electron chi connectivity index (χ4n) is 5.92. The Hall–Kier alpha value is -1.30. The van der Waals surface area contributed by atoms with E-state index in [0.29, 0.717) is 42.9 Å². The molecule has 6 heteroatoms. The summed E-state index contributed by atoms with van der Waals surface area (Å²) in [6.45, 7) is 7.97. The van der Waals surface area contributed by atoms with Gasteiger partial charge in [-0.1, -0.05) is 6.92 Å². The lowest BCUT2D eigenvalue weighted by Gasteiger charge is -2.52. The molecule has 4 fully saturated rings. The van der Waals surface area contributed by atoms with Crippen LogP contribution < -0.4 is 0 Å². The summed E-state index contributed by atoms with van der Waals surface area (Å²) in [5.74, 6) is 0.956. The van der Waals surface area contributed by atoms with E-state index in [1.165, 1.54) is 38.5 Å². The zero-order chi connectivity index (χ0) is 19.2. The molecule has 0 aromatic heterocycles. The lowest BCUT2D eigenvalue weighted by molar-refractivity contribution is -0.135. The Balaban J connectivity index is 1.25. The van der Waals surface area contributed by atoms with E-state index in [2.05, 4.69) is 16.7 Å². The van der Waals surface area contributed by atoms with Gasteiger partial charge in [0.15, 0.2) is 0 Å². The van der Waals surface area contributed by atoms with Crippen LogP contribution in [0.3, 0.4) is 0 Å². The third-order valence-corrected chi connectivity index (χ3v) is 7.79. The lowest BCUT2D eigenvalue weighted by atomic mass is 9.64. The number of likely N-dealkylation sites (tertiary alicyclic amines) is 2. The Bertz CT molecular complexity index is 577. The molecule has 27 heavy (non-hydrogen) atoms. The van der Waals surface area contributed by atoms with Crippen molar-refractivity contribution in [3.8, 4) is 0 Å². The molecular weight excluding hydrogens is 342 g/mol. The van der Waals surface area contributed by atoms with Gasteiger partial charge in [0, 0.05) is 37.6 Å². The summed E-state index contributed by atoms with van der Waals surface area (Å²) in [6, 6.07) is 1.53. The van der Waals surface area contributed by atoms with E-state index in [1.54, 1.807) is 4.90 Å². The number of rotatable bonds is 5. The Morgan fingerprint density at radius 2 is 1.81 bits per heavy atom. The maximum atomic E-state index is 12.4. The number of nitrogens with zero attached hydrogens (tertiary/aromatic N) is 3. The number of carbonyl (C=O) groups is 2. The SMILES string of the molecule is CCC(=O)N(C1CC1)C(C)C1CCN(C2CC3(CCN(C(=O)O)C3)C2)CC1. The number of carboxylic acid groups (broad SMARTS) is 1. The van der Waals surface area contributed by atoms with Crippen molar-refractivity contribution >= 4 is 12.0 Å². The number of carbonyl (C=O) groups excluding carboxylic acids is 1. The molecule has 1 N–H and O–H groups in total. The average molecular weight is 378 g/mol. The Kier molecular flexibility index (Phi) is 5.12. The standard InChI is InChI=1S/C21H35N3O3/c1-3-19(25)24(17-4-5-17)15(2)16-6-9-22(10-7-16)18-12-21(13-18)8-11-23(14-21)20(26)27/h15-18H,3-14H2,1-2H3,(H,26,27). The van der Waals surface area contributed by atoms with Gasteiger partial charge in [-0.05, 0) is 76.3 Å². The van der Waals surface area contributed by atoms with Crippen molar-refractivity contribution in [2.24, 2.45) is 11.3 Å². The number of hydrogen-bond donors (Lipinski definition) is 1. The molecule has 2 saturated heterocycles. The van der Waals surface area contributed by atoms with Crippen molar-refractivity contribution in [3.63, 3.8) is 0 Å². The lowest BCUT2D eigenvalue weighted by Crippen LogP contribution is -2.55. The van der Waals surface area contributed by atoms with Gasteiger partial charge in [-0.15, -0.1) is 0 Å². The summed E-state index contributed by atoms with van der Waals surface area (Å²) in [7, 11) is 0. The van der Waals surface area contributed by atoms with E-state index < -0.39 is 6.09 Å².